The van der Waals surface area contributed by atoms with Crippen molar-refractivity contribution < 1.29 is 32.5 Å². The zero-order valence-electron chi connectivity index (χ0n) is 19.3. The van der Waals surface area contributed by atoms with Gasteiger partial charge in [0.05, 0.1) is 16.8 Å². The van der Waals surface area contributed by atoms with Crippen molar-refractivity contribution in [2.75, 3.05) is 13.2 Å². The average Bonchev–Trinajstić information content (AvgIpc) is 3.29. The molecule has 2 heterocycles. The van der Waals surface area contributed by atoms with Crippen LogP contribution in [0.4, 0.5) is 13.2 Å². The maximum atomic E-state index is 12.7. The standard InChI is InChI=1S/C26H24F3N3O4/c1-17-5-4-12-32-14-19(31-24(17)32)15-36-23-7-3-2-6-22(23)25(34)30-13-20(33)16-35-21-10-8-18(9-11-21)26(27,28)29/h2-12,14,20,33H,13,15-16H2,1H3,(H,30,34). The minimum absolute atomic E-state index is 0.125. The third-order valence-corrected chi connectivity index (χ3v) is 5.36. The number of imidazole rings is 1. The number of hydrogen-bond acceptors (Lipinski definition) is 5. The van der Waals surface area contributed by atoms with E-state index in [1.165, 1.54) is 12.1 Å². The van der Waals surface area contributed by atoms with Crippen LogP contribution < -0.4 is 14.8 Å². The lowest BCUT2D eigenvalue weighted by atomic mass is 10.2. The first kappa shape index (κ1) is 25.1. The van der Waals surface area contributed by atoms with Crippen LogP contribution in [0.15, 0.2) is 73.1 Å². The molecule has 0 saturated carbocycles. The van der Waals surface area contributed by atoms with Crippen LogP contribution in [0.5, 0.6) is 11.5 Å². The number of pyridine rings is 1. The summed E-state index contributed by atoms with van der Waals surface area (Å²) in [6.45, 7) is 1.79. The molecule has 2 N–H and O–H groups in total. The van der Waals surface area contributed by atoms with Gasteiger partial charge in [-0.05, 0) is 55.0 Å². The van der Waals surface area contributed by atoms with E-state index in [1.54, 1.807) is 24.3 Å². The monoisotopic (exact) mass is 499 g/mol. The molecule has 0 bridgehead atoms. The minimum atomic E-state index is -4.44. The van der Waals surface area contributed by atoms with Crippen molar-refractivity contribution in [3.05, 3.63) is 95.4 Å². The SMILES string of the molecule is Cc1cccn2cc(COc3ccccc3C(=O)NCC(O)COc3ccc(C(F)(F)F)cc3)nc12. The van der Waals surface area contributed by atoms with Crippen molar-refractivity contribution in [1.82, 2.24) is 14.7 Å². The molecule has 0 aliphatic heterocycles. The molecule has 1 amide bonds. The third kappa shape index (κ3) is 6.14. The number of nitrogens with one attached hydrogen (secondary N) is 1. The molecule has 1 unspecified atom stereocenters. The molecule has 10 heteroatoms. The van der Waals surface area contributed by atoms with Crippen LogP contribution in [0.2, 0.25) is 0 Å². The number of aliphatic hydroxyl groups excluding tert-OH is 1. The van der Waals surface area contributed by atoms with E-state index in [0.29, 0.717) is 11.4 Å². The van der Waals surface area contributed by atoms with Crippen molar-refractivity contribution in [2.24, 2.45) is 0 Å². The molecule has 188 valence electrons. The second-order valence-corrected chi connectivity index (χ2v) is 8.14. The van der Waals surface area contributed by atoms with Crippen LogP contribution in [-0.4, -0.2) is 39.7 Å². The van der Waals surface area contributed by atoms with Crippen molar-refractivity contribution in [3.8, 4) is 11.5 Å². The van der Waals surface area contributed by atoms with E-state index >= 15 is 0 Å². The van der Waals surface area contributed by atoms with Crippen LogP contribution >= 0.6 is 0 Å². The Morgan fingerprint density at radius 1 is 1.08 bits per heavy atom. The highest BCUT2D eigenvalue weighted by Crippen LogP contribution is 2.30. The molecule has 36 heavy (non-hydrogen) atoms. The van der Waals surface area contributed by atoms with Crippen molar-refractivity contribution in [2.45, 2.75) is 25.8 Å². The summed E-state index contributed by atoms with van der Waals surface area (Å²) in [5.41, 5.74) is 2.06. The molecule has 0 aliphatic carbocycles. The number of hydrogen-bond donors (Lipinski definition) is 2. The predicted molar refractivity (Wildman–Crippen MR) is 126 cm³/mol. The Kier molecular flexibility index (Phi) is 7.44. The molecule has 0 fully saturated rings. The highest BCUT2D eigenvalue weighted by atomic mass is 19.4. The molecular weight excluding hydrogens is 475 g/mol. The fourth-order valence-corrected chi connectivity index (χ4v) is 3.50. The summed E-state index contributed by atoms with van der Waals surface area (Å²) in [5.74, 6) is 0.0820. The number of aryl methyl sites for hydroxylation is 1. The number of amides is 1. The largest absolute Gasteiger partial charge is 0.491 e. The molecular formula is C26H24F3N3O4. The Bertz CT molecular complexity index is 1340. The highest BCUT2D eigenvalue weighted by molar-refractivity contribution is 5.96. The van der Waals surface area contributed by atoms with Gasteiger partial charge < -0.3 is 24.3 Å². The highest BCUT2D eigenvalue weighted by Gasteiger charge is 2.30. The zero-order valence-corrected chi connectivity index (χ0v) is 19.3. The van der Waals surface area contributed by atoms with Gasteiger partial charge in [0.1, 0.15) is 36.5 Å². The number of halogens is 3. The van der Waals surface area contributed by atoms with Crippen LogP contribution in [0, 0.1) is 6.92 Å². The predicted octanol–water partition coefficient (Wildman–Crippen LogP) is 4.41. The van der Waals surface area contributed by atoms with Gasteiger partial charge in [-0.3, -0.25) is 4.79 Å². The summed E-state index contributed by atoms with van der Waals surface area (Å²) in [6, 6.07) is 14.7. The molecule has 0 aliphatic rings. The van der Waals surface area contributed by atoms with Gasteiger partial charge in [0.15, 0.2) is 0 Å². The molecule has 2 aromatic heterocycles. The van der Waals surface area contributed by atoms with E-state index in [1.807, 2.05) is 35.9 Å². The summed E-state index contributed by atoms with van der Waals surface area (Å²) in [6.07, 6.45) is -1.76. The van der Waals surface area contributed by atoms with Crippen LogP contribution in [0.3, 0.4) is 0 Å². The second kappa shape index (κ2) is 10.7. The number of ether oxygens (including phenoxy) is 2. The number of aromatic nitrogens is 2. The van der Waals surface area contributed by atoms with Crippen molar-refractivity contribution >= 4 is 11.6 Å². The molecule has 0 radical (unpaired) electrons. The number of nitrogens with zero attached hydrogens (tertiary/aromatic N) is 2. The summed E-state index contributed by atoms with van der Waals surface area (Å²) < 4.78 is 51.0. The van der Waals surface area contributed by atoms with E-state index in [4.69, 9.17) is 9.47 Å². The molecule has 1 atom stereocenters. The first-order chi connectivity index (χ1) is 17.2. The van der Waals surface area contributed by atoms with Crippen LogP contribution in [-0.2, 0) is 12.8 Å². The number of fused-ring (bicyclic) bond motifs is 1. The van der Waals surface area contributed by atoms with Gasteiger partial charge in [0, 0.05) is 18.9 Å². The maximum absolute atomic E-state index is 12.7. The van der Waals surface area contributed by atoms with Gasteiger partial charge in [-0.15, -0.1) is 0 Å². The zero-order chi connectivity index (χ0) is 25.7. The van der Waals surface area contributed by atoms with Gasteiger partial charge >= 0.3 is 6.18 Å². The number of benzene rings is 2. The summed E-state index contributed by atoms with van der Waals surface area (Å²) in [4.78, 5) is 17.3. The van der Waals surface area contributed by atoms with Crippen LogP contribution in [0.25, 0.3) is 5.65 Å². The van der Waals surface area contributed by atoms with E-state index in [-0.39, 0.29) is 31.1 Å². The molecule has 4 rings (SSSR count). The van der Waals surface area contributed by atoms with Gasteiger partial charge in [-0.25, -0.2) is 4.98 Å². The molecule has 2 aromatic carbocycles. The number of rotatable bonds is 9. The maximum Gasteiger partial charge on any atom is 0.416 e. The Morgan fingerprint density at radius 3 is 2.56 bits per heavy atom. The quantitative estimate of drug-likeness (QED) is 0.356. The average molecular weight is 499 g/mol. The summed E-state index contributed by atoms with van der Waals surface area (Å²) >= 11 is 0. The number of carbonyl (C=O) groups excluding carboxylic acids is 1. The fourth-order valence-electron chi connectivity index (χ4n) is 3.50. The van der Waals surface area contributed by atoms with E-state index in [9.17, 15) is 23.1 Å². The van der Waals surface area contributed by atoms with E-state index in [0.717, 1.165) is 23.3 Å². The molecule has 7 nitrogen and oxygen atoms in total. The fraction of sp³-hybridized carbons (Fsp3) is 0.231. The van der Waals surface area contributed by atoms with Gasteiger partial charge in [0.25, 0.3) is 5.91 Å². The van der Waals surface area contributed by atoms with Gasteiger partial charge in [0.2, 0.25) is 0 Å². The number of carbonyl (C=O) groups is 1. The third-order valence-electron chi connectivity index (χ3n) is 5.36. The topological polar surface area (TPSA) is 85.1 Å². The van der Waals surface area contributed by atoms with E-state index in [2.05, 4.69) is 10.3 Å². The first-order valence-corrected chi connectivity index (χ1v) is 11.1. The Hall–Kier alpha value is -4.05. The van der Waals surface area contributed by atoms with Crippen molar-refractivity contribution in [1.29, 1.82) is 0 Å². The number of para-hydroxylation sites is 1. The minimum Gasteiger partial charge on any atom is -0.491 e. The Morgan fingerprint density at radius 2 is 1.83 bits per heavy atom. The van der Waals surface area contributed by atoms with E-state index < -0.39 is 23.8 Å². The van der Waals surface area contributed by atoms with Gasteiger partial charge in [-0.1, -0.05) is 18.2 Å². The van der Waals surface area contributed by atoms with Crippen LogP contribution in [0.1, 0.15) is 27.2 Å². The molecule has 0 spiro atoms. The lowest BCUT2D eigenvalue weighted by Crippen LogP contribution is -2.35. The number of aliphatic hydroxyl groups is 1. The van der Waals surface area contributed by atoms with Gasteiger partial charge in [-0.2, -0.15) is 13.2 Å². The lowest BCUT2D eigenvalue weighted by Gasteiger charge is -2.15. The second-order valence-electron chi connectivity index (χ2n) is 8.14. The molecule has 0 saturated heterocycles. The van der Waals surface area contributed by atoms with Crippen molar-refractivity contribution in [3.63, 3.8) is 0 Å². The Labute approximate surface area is 205 Å². The molecule has 4 aromatic rings. The number of alkyl halides is 3. The first-order valence-electron chi connectivity index (χ1n) is 11.1. The Balaban J connectivity index is 1.30. The lowest BCUT2D eigenvalue weighted by molar-refractivity contribution is -0.137. The normalized spacial score (nSPS) is 12.4. The smallest absolute Gasteiger partial charge is 0.416 e. The summed E-state index contributed by atoms with van der Waals surface area (Å²) in [7, 11) is 0. The summed E-state index contributed by atoms with van der Waals surface area (Å²) in [5, 5.41) is 12.8.